The van der Waals surface area contributed by atoms with Gasteiger partial charge in [0.1, 0.15) is 0 Å². The lowest BCUT2D eigenvalue weighted by Crippen LogP contribution is -2.55. The molecule has 0 spiro atoms. The van der Waals surface area contributed by atoms with Gasteiger partial charge in [0.15, 0.2) is 0 Å². The summed E-state index contributed by atoms with van der Waals surface area (Å²) < 4.78 is 0. The van der Waals surface area contributed by atoms with Gasteiger partial charge < -0.3 is 5.32 Å². The monoisotopic (exact) mass is 227 g/mol. The predicted molar refractivity (Wildman–Crippen MR) is 59.1 cm³/mol. The first-order valence-electron chi connectivity index (χ1n) is 4.81. The van der Waals surface area contributed by atoms with E-state index < -0.39 is 0 Å². The molecule has 15 heavy (non-hydrogen) atoms. The first-order chi connectivity index (χ1) is 7.16. The van der Waals surface area contributed by atoms with Crippen molar-refractivity contribution in [2.75, 3.05) is 20.1 Å². The van der Waals surface area contributed by atoms with Crippen LogP contribution in [0.5, 0.6) is 0 Å². The normalized spacial score (nSPS) is 16.7. The number of likely N-dealkylation sites (N-methyl/N-ethyl adjacent to an activating group) is 1. The van der Waals surface area contributed by atoms with Gasteiger partial charge in [0.2, 0.25) is 0 Å². The first-order valence-corrected chi connectivity index (χ1v) is 5.62. The summed E-state index contributed by atoms with van der Waals surface area (Å²) in [5.74, 6) is 0. The SMILES string of the molecule is CN(Cc1ccc([N+](=O)[O-])s1)C1CNC1. The van der Waals surface area contributed by atoms with Crippen LogP contribution < -0.4 is 5.32 Å². The van der Waals surface area contributed by atoms with Crippen molar-refractivity contribution >= 4 is 16.3 Å². The lowest BCUT2D eigenvalue weighted by molar-refractivity contribution is -0.380. The van der Waals surface area contributed by atoms with E-state index in [1.54, 1.807) is 6.07 Å². The maximum Gasteiger partial charge on any atom is 0.324 e. The number of nitrogens with zero attached hydrogens (tertiary/aromatic N) is 2. The summed E-state index contributed by atoms with van der Waals surface area (Å²) in [6.45, 7) is 2.83. The molecule has 1 aromatic heterocycles. The van der Waals surface area contributed by atoms with Gasteiger partial charge in [-0.05, 0) is 13.1 Å². The van der Waals surface area contributed by atoms with E-state index in [-0.39, 0.29) is 9.92 Å². The van der Waals surface area contributed by atoms with Crippen molar-refractivity contribution in [1.82, 2.24) is 10.2 Å². The fourth-order valence-electron chi connectivity index (χ4n) is 1.51. The minimum absolute atomic E-state index is 0.227. The molecule has 6 heteroatoms. The summed E-state index contributed by atoms with van der Waals surface area (Å²) in [5.41, 5.74) is 0. The Morgan fingerprint density at radius 2 is 2.40 bits per heavy atom. The molecule has 5 nitrogen and oxygen atoms in total. The Morgan fingerprint density at radius 3 is 2.87 bits per heavy atom. The molecule has 0 radical (unpaired) electrons. The number of hydrogen-bond acceptors (Lipinski definition) is 5. The van der Waals surface area contributed by atoms with Gasteiger partial charge in [-0.3, -0.25) is 15.0 Å². The Labute approximate surface area is 91.9 Å². The van der Waals surface area contributed by atoms with Crippen LogP contribution >= 0.6 is 11.3 Å². The van der Waals surface area contributed by atoms with Gasteiger partial charge in [0, 0.05) is 36.6 Å². The van der Waals surface area contributed by atoms with Crippen LogP contribution in [0.1, 0.15) is 4.88 Å². The highest BCUT2D eigenvalue weighted by atomic mass is 32.1. The van der Waals surface area contributed by atoms with Gasteiger partial charge in [-0.25, -0.2) is 0 Å². The number of hydrogen-bond donors (Lipinski definition) is 1. The predicted octanol–water partition coefficient (Wildman–Crippen LogP) is 1.06. The standard InChI is InChI=1S/C9H13N3O2S/c1-11(7-4-10-5-7)6-8-2-3-9(15-8)12(13)14/h2-3,7,10H,4-6H2,1H3. The maximum absolute atomic E-state index is 10.5. The fourth-order valence-corrected chi connectivity index (χ4v) is 2.39. The summed E-state index contributed by atoms with van der Waals surface area (Å²) in [4.78, 5) is 13.4. The molecule has 0 aromatic carbocycles. The second kappa shape index (κ2) is 4.26. The molecule has 0 amide bonds. The highest BCUT2D eigenvalue weighted by Crippen LogP contribution is 2.25. The van der Waals surface area contributed by atoms with Crippen LogP contribution in [-0.2, 0) is 6.54 Å². The topological polar surface area (TPSA) is 58.4 Å². The first kappa shape index (κ1) is 10.5. The number of nitrogens with one attached hydrogen (secondary N) is 1. The Morgan fingerprint density at radius 1 is 1.67 bits per heavy atom. The highest BCUT2D eigenvalue weighted by molar-refractivity contribution is 7.15. The summed E-state index contributed by atoms with van der Waals surface area (Å²) in [6.07, 6.45) is 0. The van der Waals surface area contributed by atoms with Crippen molar-refractivity contribution in [3.63, 3.8) is 0 Å². The van der Waals surface area contributed by atoms with E-state index >= 15 is 0 Å². The molecule has 0 unspecified atom stereocenters. The molecule has 0 bridgehead atoms. The van der Waals surface area contributed by atoms with E-state index in [9.17, 15) is 10.1 Å². The van der Waals surface area contributed by atoms with E-state index in [1.807, 2.05) is 6.07 Å². The Bertz CT molecular complexity index is 362. The fraction of sp³-hybridized carbons (Fsp3) is 0.556. The number of nitro groups is 1. The molecule has 1 N–H and O–H groups in total. The zero-order valence-corrected chi connectivity index (χ0v) is 9.29. The maximum atomic E-state index is 10.5. The second-order valence-corrected chi connectivity index (χ2v) is 4.87. The Hall–Kier alpha value is -0.980. The van der Waals surface area contributed by atoms with Crippen molar-refractivity contribution in [3.8, 4) is 0 Å². The smallest absolute Gasteiger partial charge is 0.314 e. The number of thiophene rings is 1. The van der Waals surface area contributed by atoms with Crippen LogP contribution in [0.25, 0.3) is 0 Å². The van der Waals surface area contributed by atoms with Crippen LogP contribution in [0.4, 0.5) is 5.00 Å². The second-order valence-electron chi connectivity index (χ2n) is 3.72. The van der Waals surface area contributed by atoms with Gasteiger partial charge >= 0.3 is 5.00 Å². The van der Waals surface area contributed by atoms with E-state index in [0.717, 1.165) is 24.5 Å². The van der Waals surface area contributed by atoms with Crippen molar-refractivity contribution < 1.29 is 4.92 Å². The van der Waals surface area contributed by atoms with Gasteiger partial charge in [-0.1, -0.05) is 11.3 Å². The summed E-state index contributed by atoms with van der Waals surface area (Å²) in [5, 5.41) is 13.9. The third kappa shape index (κ3) is 2.34. The van der Waals surface area contributed by atoms with Gasteiger partial charge in [-0.2, -0.15) is 0 Å². The van der Waals surface area contributed by atoms with Crippen molar-refractivity contribution in [1.29, 1.82) is 0 Å². The van der Waals surface area contributed by atoms with E-state index in [1.165, 1.54) is 11.3 Å². The van der Waals surface area contributed by atoms with Gasteiger partial charge in [0.05, 0.1) is 4.92 Å². The van der Waals surface area contributed by atoms with Crippen LogP contribution in [-0.4, -0.2) is 36.0 Å². The lowest BCUT2D eigenvalue weighted by atomic mass is 10.1. The molecule has 1 aliphatic rings. The minimum Gasteiger partial charge on any atom is -0.314 e. The Kier molecular flexibility index (Phi) is 2.99. The summed E-state index contributed by atoms with van der Waals surface area (Å²) in [7, 11) is 2.05. The molecular weight excluding hydrogens is 214 g/mol. The summed E-state index contributed by atoms with van der Waals surface area (Å²) in [6, 6.07) is 3.99. The third-order valence-corrected chi connectivity index (χ3v) is 3.64. The van der Waals surface area contributed by atoms with Crippen molar-refractivity contribution in [2.24, 2.45) is 0 Å². The minimum atomic E-state index is -0.334. The molecule has 2 heterocycles. The zero-order valence-electron chi connectivity index (χ0n) is 8.47. The quantitative estimate of drug-likeness (QED) is 0.617. The van der Waals surface area contributed by atoms with Crippen LogP contribution in [0.3, 0.4) is 0 Å². The molecule has 1 fully saturated rings. The van der Waals surface area contributed by atoms with Crippen LogP contribution in [0.15, 0.2) is 12.1 Å². The molecular formula is C9H13N3O2S. The average Bonchev–Trinajstić information content (AvgIpc) is 2.48. The molecule has 0 aliphatic carbocycles. The number of rotatable bonds is 4. The lowest BCUT2D eigenvalue weighted by Gasteiger charge is -2.35. The van der Waals surface area contributed by atoms with Crippen molar-refractivity contribution in [2.45, 2.75) is 12.6 Å². The zero-order chi connectivity index (χ0) is 10.8. The average molecular weight is 227 g/mol. The molecule has 2 rings (SSSR count). The van der Waals surface area contributed by atoms with Gasteiger partial charge in [0.25, 0.3) is 0 Å². The molecule has 1 saturated heterocycles. The Balaban J connectivity index is 1.94. The largest absolute Gasteiger partial charge is 0.324 e. The van der Waals surface area contributed by atoms with Gasteiger partial charge in [-0.15, -0.1) is 0 Å². The molecule has 82 valence electrons. The molecule has 1 aliphatic heterocycles. The highest BCUT2D eigenvalue weighted by Gasteiger charge is 2.22. The molecule has 1 aromatic rings. The van der Waals surface area contributed by atoms with Crippen LogP contribution in [0, 0.1) is 10.1 Å². The van der Waals surface area contributed by atoms with Crippen molar-refractivity contribution in [3.05, 3.63) is 27.1 Å². The third-order valence-electron chi connectivity index (χ3n) is 2.62. The summed E-state index contributed by atoms with van der Waals surface area (Å²) >= 11 is 1.26. The van der Waals surface area contributed by atoms with E-state index in [0.29, 0.717) is 6.04 Å². The molecule has 0 saturated carbocycles. The molecule has 0 atom stereocenters. The van der Waals surface area contributed by atoms with Crippen LogP contribution in [0.2, 0.25) is 0 Å². The van der Waals surface area contributed by atoms with E-state index in [4.69, 9.17) is 0 Å². The van der Waals surface area contributed by atoms with E-state index in [2.05, 4.69) is 17.3 Å².